The number of amides is 17. The van der Waals surface area contributed by atoms with Crippen LogP contribution in [-0.4, -0.2) is 303 Å². The van der Waals surface area contributed by atoms with Gasteiger partial charge < -0.3 is 149 Å². The topological polar surface area (TPSA) is 831 Å². The minimum Gasteiger partial charge on any atom is -0.508 e. The maximum atomic E-state index is 14.9. The summed E-state index contributed by atoms with van der Waals surface area (Å²) in [6.45, 7) is 14.1. The summed E-state index contributed by atoms with van der Waals surface area (Å²) in [6, 6.07) is -3.23. The van der Waals surface area contributed by atoms with Gasteiger partial charge in [0.2, 0.25) is 100 Å². The van der Waals surface area contributed by atoms with E-state index < -0.39 is 283 Å². The van der Waals surface area contributed by atoms with Crippen molar-refractivity contribution in [3.05, 3.63) is 102 Å². The van der Waals surface area contributed by atoms with Gasteiger partial charge in [0.1, 0.15) is 102 Å². The number of carboxylic acid groups (broad SMARTS) is 4. The largest absolute Gasteiger partial charge is 0.508 e. The minimum absolute atomic E-state index is 0.0455. The summed E-state index contributed by atoms with van der Waals surface area (Å²) in [7, 11) is 0. The standard InChI is InChI=1S/C95H145N25O26/c1-49(2)40-63(85(137)106-54(10)79(131)118-76(51(5)6)92(144)119-77(52(7)8)93(145)146)113-90(142)69(46-75(128)129)116-84(136)62(34-35-73(124)125)111-86(138)64(41-50(3)4)114-87(139)66(43-56-24-15-12-16-25-56)112-78(130)53(9)105-81(133)59(26-17-18-36-96)108-82(134)60(27-19-37-102-94(98)99)109-83(135)61(28-20-38-103-95(100)101)110-89(141)68(45-74(126)127)107-71(122)48-104-80(132)65(42-55-22-13-11-14-23-55)115-88(140)67(44-57-30-32-58(121)33-31-57)117-91(143)70-29-21-39-120(70)72(123)47-97/h11-16,22-25,30-33,49-54,59-70,76-77,121H,17-21,26-29,34-48,96-97H2,1-10H3,(H,104,132)(H,105,133)(H,106,137)(H,107,122)(H,108,134)(H,109,135)(H,110,141)(H,111,138)(H,112,130)(H,113,142)(H,114,139)(H,115,140)(H,116,136)(H,117,143)(H,118,131)(H,119,144)(H,124,125)(H,126,127)(H,128,129)(H,145,146)(H4,98,99,102)(H4,100,101,103)/t53-,54-,59-,60-,61-,62-,63-,64-,65-,66-,67-,68-,69-,70-,76-,77-/m0/s1. The van der Waals surface area contributed by atoms with Gasteiger partial charge >= 0.3 is 23.9 Å². The van der Waals surface area contributed by atoms with E-state index in [-0.39, 0.29) is 128 Å². The number of nitrogens with zero attached hydrogens (tertiary/aromatic N) is 1. The van der Waals surface area contributed by atoms with E-state index in [1.165, 1.54) is 43.0 Å². The molecule has 33 N–H and O–H groups in total. The van der Waals surface area contributed by atoms with Gasteiger partial charge in [0.15, 0.2) is 11.9 Å². The number of nitrogens with two attached hydrogens (primary N) is 4. The first-order valence-corrected chi connectivity index (χ1v) is 48.2. The van der Waals surface area contributed by atoms with Crippen LogP contribution in [0.25, 0.3) is 0 Å². The molecule has 0 aromatic heterocycles. The molecule has 1 aliphatic heterocycles. The lowest BCUT2D eigenvalue weighted by Crippen LogP contribution is -2.61. The molecule has 0 aliphatic carbocycles. The Kier molecular flexibility index (Phi) is 53.2. The number of phenols is 1. The molecule has 51 nitrogen and oxygen atoms in total. The van der Waals surface area contributed by atoms with E-state index in [2.05, 4.69) is 95.7 Å². The highest BCUT2D eigenvalue weighted by Gasteiger charge is 2.42. The van der Waals surface area contributed by atoms with E-state index in [0.29, 0.717) is 23.1 Å². The summed E-state index contributed by atoms with van der Waals surface area (Å²) in [4.78, 5) is 292. The molecule has 0 unspecified atom stereocenters. The normalized spacial score (nSPS) is 15.2. The van der Waals surface area contributed by atoms with Crippen molar-refractivity contribution in [2.45, 2.75) is 281 Å². The summed E-state index contributed by atoms with van der Waals surface area (Å²) >= 11 is 0. The molecular formula is C95H145N25O26. The molecule has 3 aromatic carbocycles. The number of rotatable bonds is 65. The molecule has 16 atom stereocenters. The molecule has 1 aliphatic rings. The quantitative estimate of drug-likeness (QED) is 0.0143. The molecule has 806 valence electrons. The summed E-state index contributed by atoms with van der Waals surface area (Å²) in [5.74, 6) is -26.4. The fourth-order valence-corrected chi connectivity index (χ4v) is 15.3. The summed E-state index contributed by atoms with van der Waals surface area (Å²) in [6.07, 6.45) is -4.75. The number of hydrogen-bond donors (Lipinski definition) is 29. The Morgan fingerprint density at radius 3 is 1.14 bits per heavy atom. The molecule has 3 aromatic rings. The number of aromatic hydroxyl groups is 1. The summed E-state index contributed by atoms with van der Waals surface area (Å²) in [5, 5.41) is 110. The lowest BCUT2D eigenvalue weighted by atomic mass is 9.99. The lowest BCUT2D eigenvalue weighted by molar-refractivity contribution is -0.144. The third-order valence-electron chi connectivity index (χ3n) is 23.1. The van der Waals surface area contributed by atoms with E-state index in [4.69, 9.17) is 33.8 Å². The van der Waals surface area contributed by atoms with Crippen LogP contribution >= 0.6 is 0 Å². The Morgan fingerprint density at radius 1 is 0.370 bits per heavy atom. The number of carbonyl (C=O) groups is 21. The van der Waals surface area contributed by atoms with E-state index in [9.17, 15) is 126 Å². The van der Waals surface area contributed by atoms with E-state index in [1.54, 1.807) is 116 Å². The monoisotopic (exact) mass is 2050 g/mol. The highest BCUT2D eigenvalue weighted by molar-refractivity contribution is 6.02. The Bertz CT molecular complexity index is 4980. The molecule has 0 bridgehead atoms. The zero-order chi connectivity index (χ0) is 109. The van der Waals surface area contributed by atoms with E-state index in [1.807, 2.05) is 0 Å². The van der Waals surface area contributed by atoms with Crippen LogP contribution in [0.15, 0.2) is 84.9 Å². The second-order valence-electron chi connectivity index (χ2n) is 37.0. The zero-order valence-electron chi connectivity index (χ0n) is 83.7. The molecule has 1 saturated heterocycles. The number of unbranched alkanes of at least 4 members (excludes halogenated alkanes) is 1. The van der Waals surface area contributed by atoms with Crippen LogP contribution in [0, 0.1) is 34.5 Å². The second kappa shape index (κ2) is 63.0. The number of nitrogens with one attached hydrogen (secondary N) is 20. The number of aliphatic carboxylic acids is 4. The van der Waals surface area contributed by atoms with Gasteiger partial charge in [-0.2, -0.15) is 0 Å². The fourth-order valence-electron chi connectivity index (χ4n) is 15.3. The minimum atomic E-state index is -2.05. The molecule has 1 fully saturated rings. The maximum absolute atomic E-state index is 14.9. The van der Waals surface area contributed by atoms with E-state index >= 15 is 0 Å². The predicted molar refractivity (Wildman–Crippen MR) is 528 cm³/mol. The van der Waals surface area contributed by atoms with Crippen molar-refractivity contribution in [3.8, 4) is 5.75 Å². The van der Waals surface area contributed by atoms with Crippen LogP contribution in [0.4, 0.5) is 0 Å². The average Bonchev–Trinajstić information content (AvgIpc) is 1.56. The van der Waals surface area contributed by atoms with Crippen LogP contribution in [0.3, 0.4) is 0 Å². The van der Waals surface area contributed by atoms with Gasteiger partial charge in [-0.15, -0.1) is 0 Å². The first kappa shape index (κ1) is 123. The van der Waals surface area contributed by atoms with Crippen molar-refractivity contribution in [2.24, 2.45) is 46.6 Å². The van der Waals surface area contributed by atoms with Gasteiger partial charge in [-0.25, -0.2) is 4.79 Å². The van der Waals surface area contributed by atoms with Crippen molar-refractivity contribution >= 4 is 136 Å². The van der Waals surface area contributed by atoms with E-state index in [0.717, 1.165) is 0 Å². The molecule has 0 radical (unpaired) electrons. The predicted octanol–water partition coefficient (Wildman–Crippen LogP) is -5.24. The van der Waals surface area contributed by atoms with Gasteiger partial charge in [0.05, 0.1) is 25.9 Å². The Balaban J connectivity index is 1.61. The molecule has 146 heavy (non-hydrogen) atoms. The van der Waals surface area contributed by atoms with Crippen molar-refractivity contribution in [1.29, 1.82) is 10.8 Å². The average molecular weight is 2050 g/mol. The molecule has 0 spiro atoms. The Morgan fingerprint density at radius 2 is 0.726 bits per heavy atom. The number of carbonyl (C=O) groups excluding carboxylic acids is 17. The van der Waals surface area contributed by atoms with Gasteiger partial charge in [-0.3, -0.25) is 107 Å². The van der Waals surface area contributed by atoms with Gasteiger partial charge in [0, 0.05) is 45.3 Å². The fraction of sp³-hybridized carbons (Fsp3) is 0.568. The zero-order valence-corrected chi connectivity index (χ0v) is 83.7. The van der Waals surface area contributed by atoms with Crippen molar-refractivity contribution in [3.63, 3.8) is 0 Å². The SMILES string of the molecule is CC(C)C[C@H](NC(=O)[C@H](CC(=O)O)NC(=O)[C@H](CCC(=O)O)NC(=O)[C@H](CC(C)C)NC(=O)[C@H](Cc1ccccc1)NC(=O)[C@H](C)NC(=O)[C@H](CCCCN)NC(=O)[C@H](CCCNC(=N)N)NC(=O)[C@H](CCCNC(=N)N)NC(=O)[C@H](CC(=O)O)NC(=O)CNC(=O)[C@H](Cc1ccccc1)NC(=O)[C@H](Cc1ccc(O)cc1)NC(=O)[C@@H]1CCCN1C(=O)CN)C(=O)N[C@@H](C)C(=O)N[C@H](C(=O)N[C@H](C(=O)O)C(C)C)C(C)C. The number of hydrogen-bond acceptors (Lipinski definition) is 26. The van der Waals surface area contributed by atoms with Gasteiger partial charge in [-0.1, -0.05) is 128 Å². The summed E-state index contributed by atoms with van der Waals surface area (Å²) in [5.41, 5.74) is 24.0. The molecule has 4 rings (SSSR count). The number of phenolic OH excluding ortho intramolecular Hbond substituents is 1. The molecule has 1 heterocycles. The van der Waals surface area contributed by atoms with Crippen LogP contribution in [0.5, 0.6) is 5.75 Å². The Labute approximate surface area is 844 Å². The first-order valence-electron chi connectivity index (χ1n) is 48.2. The lowest BCUT2D eigenvalue weighted by Gasteiger charge is -2.28. The van der Waals surface area contributed by atoms with Gasteiger partial charge in [-0.05, 0) is 150 Å². The Hall–Kier alpha value is -15.2. The third-order valence-corrected chi connectivity index (χ3v) is 23.1. The van der Waals surface area contributed by atoms with Gasteiger partial charge in [0.25, 0.3) is 0 Å². The van der Waals surface area contributed by atoms with Crippen molar-refractivity contribution < 1.29 is 126 Å². The smallest absolute Gasteiger partial charge is 0.326 e. The van der Waals surface area contributed by atoms with Crippen LogP contribution in [0.2, 0.25) is 0 Å². The molecule has 17 amide bonds. The first-order chi connectivity index (χ1) is 68.8. The maximum Gasteiger partial charge on any atom is 0.326 e. The number of carboxylic acids is 4. The number of benzene rings is 3. The van der Waals surface area contributed by atoms with Crippen molar-refractivity contribution in [1.82, 2.24) is 101 Å². The number of guanidine groups is 2. The second-order valence-corrected chi connectivity index (χ2v) is 37.0. The highest BCUT2D eigenvalue weighted by Crippen LogP contribution is 2.21. The van der Waals surface area contributed by atoms with Crippen LogP contribution < -0.4 is 119 Å². The van der Waals surface area contributed by atoms with Crippen molar-refractivity contribution in [2.75, 3.05) is 39.3 Å². The number of likely N-dealkylation sites (tertiary alicyclic amines) is 1. The molecular weight excluding hydrogens is 1910 g/mol. The molecule has 0 saturated carbocycles. The third kappa shape index (κ3) is 45.2. The summed E-state index contributed by atoms with van der Waals surface area (Å²) < 4.78 is 0. The van der Waals surface area contributed by atoms with Crippen LogP contribution in [0.1, 0.15) is 182 Å². The highest BCUT2D eigenvalue weighted by atomic mass is 16.4. The van der Waals surface area contributed by atoms with Crippen LogP contribution in [-0.2, 0) is 120 Å². The molecule has 51 heteroatoms.